The molecule has 4 rings (SSSR count). The molecular weight excluding hydrogens is 554 g/mol. The summed E-state index contributed by atoms with van der Waals surface area (Å²) in [6, 6.07) is 10.3. The molecule has 2 aliphatic rings. The molecule has 230 valence electrons. The molecule has 0 bridgehead atoms. The van der Waals surface area contributed by atoms with Crippen molar-refractivity contribution in [3.63, 3.8) is 0 Å². The third kappa shape index (κ3) is 6.50. The van der Waals surface area contributed by atoms with Crippen LogP contribution in [0.15, 0.2) is 42.5 Å². The molecular formula is C31H39F4N3O4. The maximum absolute atomic E-state index is 17.1. The van der Waals surface area contributed by atoms with Crippen LogP contribution >= 0.6 is 0 Å². The van der Waals surface area contributed by atoms with E-state index in [1.807, 2.05) is 25.7 Å². The van der Waals surface area contributed by atoms with Crippen LogP contribution in [0.5, 0.6) is 5.75 Å². The molecule has 0 radical (unpaired) electrons. The molecule has 0 aliphatic carbocycles. The number of carbonyl (C=O) groups excluding carboxylic acids is 1. The number of rotatable bonds is 7. The van der Waals surface area contributed by atoms with Crippen molar-refractivity contribution >= 4 is 17.6 Å². The van der Waals surface area contributed by atoms with Crippen molar-refractivity contribution in [2.75, 3.05) is 45.2 Å². The van der Waals surface area contributed by atoms with Crippen LogP contribution in [0.4, 0.5) is 23.2 Å². The molecule has 7 nitrogen and oxygen atoms in total. The van der Waals surface area contributed by atoms with Gasteiger partial charge in [-0.15, -0.1) is 0 Å². The number of likely N-dealkylation sites (tertiary alicyclic amines) is 1. The zero-order valence-corrected chi connectivity index (χ0v) is 24.7. The van der Waals surface area contributed by atoms with Crippen LogP contribution < -0.4 is 9.64 Å². The summed E-state index contributed by atoms with van der Waals surface area (Å²) in [6.07, 6.45) is -4.00. The van der Waals surface area contributed by atoms with Crippen LogP contribution in [-0.2, 0) is 22.3 Å². The molecule has 2 aliphatic heterocycles. The highest BCUT2D eigenvalue weighted by atomic mass is 19.4. The molecule has 0 aromatic heterocycles. The van der Waals surface area contributed by atoms with Gasteiger partial charge in [-0.2, -0.15) is 13.2 Å². The zero-order chi connectivity index (χ0) is 31.0. The number of amides is 1. The van der Waals surface area contributed by atoms with Crippen LogP contribution in [-0.4, -0.2) is 78.3 Å². The Labute approximate surface area is 244 Å². The Balaban J connectivity index is 1.64. The Hall–Kier alpha value is -3.34. The maximum atomic E-state index is 17.1. The van der Waals surface area contributed by atoms with E-state index in [1.165, 1.54) is 25.1 Å². The Morgan fingerprint density at radius 2 is 1.69 bits per heavy atom. The Kier molecular flexibility index (Phi) is 8.83. The lowest BCUT2D eigenvalue weighted by Crippen LogP contribution is -2.50. The molecule has 0 unspecified atom stereocenters. The van der Waals surface area contributed by atoms with E-state index in [9.17, 15) is 27.9 Å². The predicted molar refractivity (Wildman–Crippen MR) is 151 cm³/mol. The lowest BCUT2D eigenvalue weighted by Gasteiger charge is -2.35. The number of methoxy groups -OCH3 is 1. The van der Waals surface area contributed by atoms with Gasteiger partial charge in [0.25, 0.3) is 5.91 Å². The van der Waals surface area contributed by atoms with Crippen LogP contribution in [0.2, 0.25) is 0 Å². The predicted octanol–water partition coefficient (Wildman–Crippen LogP) is 5.58. The molecule has 2 fully saturated rings. The van der Waals surface area contributed by atoms with Crippen molar-refractivity contribution in [1.82, 2.24) is 9.80 Å². The standard InChI is InChI=1S/C31H39F4N3O4/c1-29(2,3)38-18-25(20-7-10-24(42-5)11-8-20)30(32,19-38)28(41)36(4)17-22-6-9-23(31(33,34)35)16-26(22)37-14-12-21(13-15-37)27(39)40/h6-11,16,21,25H,12-15,17-19H2,1-5H3,(H,39,40)/t25-,30-/m0/s1. The minimum Gasteiger partial charge on any atom is -0.497 e. The molecule has 11 heteroatoms. The highest BCUT2D eigenvalue weighted by Gasteiger charge is 2.56. The fraction of sp³-hybridized carbons (Fsp3) is 0.548. The average Bonchev–Trinajstić information content (AvgIpc) is 3.31. The summed E-state index contributed by atoms with van der Waals surface area (Å²) in [5.41, 5.74) is -2.15. The second kappa shape index (κ2) is 11.7. The second-order valence-corrected chi connectivity index (χ2v) is 12.3. The molecule has 2 aromatic carbocycles. The quantitative estimate of drug-likeness (QED) is 0.423. The fourth-order valence-electron chi connectivity index (χ4n) is 5.93. The van der Waals surface area contributed by atoms with Crippen molar-refractivity contribution < 1.29 is 37.0 Å². The zero-order valence-electron chi connectivity index (χ0n) is 24.7. The van der Waals surface area contributed by atoms with Crippen LogP contribution in [0, 0.1) is 5.92 Å². The SMILES string of the molecule is COc1ccc([C@@H]2CN(C(C)(C)C)C[C@@]2(F)C(=O)N(C)Cc2ccc(C(F)(F)F)cc2N2CCC(C(=O)O)CC2)cc1. The Morgan fingerprint density at radius 1 is 1.07 bits per heavy atom. The summed E-state index contributed by atoms with van der Waals surface area (Å²) in [5.74, 6) is -2.39. The number of anilines is 1. The van der Waals surface area contributed by atoms with Gasteiger partial charge in [-0.25, -0.2) is 4.39 Å². The third-order valence-corrected chi connectivity index (χ3v) is 8.55. The van der Waals surface area contributed by atoms with Crippen molar-refractivity contribution in [2.45, 2.75) is 63.5 Å². The van der Waals surface area contributed by atoms with Gasteiger partial charge in [-0.1, -0.05) is 18.2 Å². The van der Waals surface area contributed by atoms with Gasteiger partial charge in [-0.3, -0.25) is 14.5 Å². The van der Waals surface area contributed by atoms with Gasteiger partial charge in [0.15, 0.2) is 0 Å². The Bertz CT molecular complexity index is 1290. The largest absolute Gasteiger partial charge is 0.497 e. The highest BCUT2D eigenvalue weighted by molar-refractivity contribution is 5.87. The van der Waals surface area contributed by atoms with E-state index in [0.717, 1.165) is 12.1 Å². The Morgan fingerprint density at radius 3 is 2.21 bits per heavy atom. The fourth-order valence-corrected chi connectivity index (χ4v) is 5.93. The number of carboxylic acids is 1. The molecule has 0 spiro atoms. The monoisotopic (exact) mass is 593 g/mol. The molecule has 0 saturated carbocycles. The molecule has 2 atom stereocenters. The first-order valence-corrected chi connectivity index (χ1v) is 14.1. The van der Waals surface area contributed by atoms with E-state index in [2.05, 4.69) is 0 Å². The number of piperidine rings is 1. The van der Waals surface area contributed by atoms with E-state index >= 15 is 4.39 Å². The van der Waals surface area contributed by atoms with Crippen LogP contribution in [0.3, 0.4) is 0 Å². The maximum Gasteiger partial charge on any atom is 0.416 e. The van der Waals surface area contributed by atoms with Gasteiger partial charge in [0, 0.05) is 56.9 Å². The van der Waals surface area contributed by atoms with E-state index in [1.54, 1.807) is 29.2 Å². The van der Waals surface area contributed by atoms with E-state index in [0.29, 0.717) is 36.3 Å². The summed E-state index contributed by atoms with van der Waals surface area (Å²) < 4.78 is 63.3. The summed E-state index contributed by atoms with van der Waals surface area (Å²) in [7, 11) is 3.00. The highest BCUT2D eigenvalue weighted by Crippen LogP contribution is 2.44. The summed E-state index contributed by atoms with van der Waals surface area (Å²) in [5, 5.41) is 9.35. The number of carboxylic acid groups (broad SMARTS) is 1. The van der Waals surface area contributed by atoms with Gasteiger partial charge < -0.3 is 19.6 Å². The summed E-state index contributed by atoms with van der Waals surface area (Å²) >= 11 is 0. The van der Waals surface area contributed by atoms with Crippen molar-refractivity contribution in [3.8, 4) is 5.75 Å². The van der Waals surface area contributed by atoms with Gasteiger partial charge in [-0.05, 0) is 69.0 Å². The first-order valence-electron chi connectivity index (χ1n) is 14.1. The molecule has 2 heterocycles. The lowest BCUT2D eigenvalue weighted by atomic mass is 9.85. The smallest absolute Gasteiger partial charge is 0.416 e. The molecule has 42 heavy (non-hydrogen) atoms. The van der Waals surface area contributed by atoms with Gasteiger partial charge in [0.05, 0.1) is 18.6 Å². The molecule has 1 amide bonds. The number of ether oxygens (including phenoxy) is 1. The van der Waals surface area contributed by atoms with Crippen molar-refractivity contribution in [1.29, 1.82) is 0 Å². The van der Waals surface area contributed by atoms with E-state index in [-0.39, 0.29) is 31.9 Å². The van der Waals surface area contributed by atoms with Crippen LogP contribution in [0.1, 0.15) is 56.2 Å². The number of benzene rings is 2. The number of nitrogens with zero attached hydrogens (tertiary/aromatic N) is 3. The summed E-state index contributed by atoms with van der Waals surface area (Å²) in [4.78, 5) is 30.2. The number of carbonyl (C=O) groups is 2. The molecule has 2 aromatic rings. The number of hydrogen-bond acceptors (Lipinski definition) is 5. The second-order valence-electron chi connectivity index (χ2n) is 12.3. The van der Waals surface area contributed by atoms with Gasteiger partial charge in [0.1, 0.15) is 5.75 Å². The van der Waals surface area contributed by atoms with E-state index in [4.69, 9.17) is 4.74 Å². The first kappa shape index (κ1) is 31.6. The first-order chi connectivity index (χ1) is 19.5. The molecule has 2 saturated heterocycles. The topological polar surface area (TPSA) is 73.3 Å². The van der Waals surface area contributed by atoms with Crippen molar-refractivity contribution in [3.05, 3.63) is 59.2 Å². The van der Waals surface area contributed by atoms with Crippen LogP contribution in [0.25, 0.3) is 0 Å². The number of halogens is 4. The normalized spacial score (nSPS) is 22.3. The van der Waals surface area contributed by atoms with Gasteiger partial charge in [0.2, 0.25) is 5.67 Å². The number of hydrogen-bond donors (Lipinski definition) is 1. The van der Waals surface area contributed by atoms with Gasteiger partial charge >= 0.3 is 12.1 Å². The number of aliphatic carboxylic acids is 1. The van der Waals surface area contributed by atoms with E-state index < -0.39 is 46.7 Å². The third-order valence-electron chi connectivity index (χ3n) is 8.55. The minimum atomic E-state index is -4.58. The summed E-state index contributed by atoms with van der Waals surface area (Å²) in [6.45, 7) is 6.48. The number of alkyl halides is 4. The van der Waals surface area contributed by atoms with Crippen molar-refractivity contribution in [2.24, 2.45) is 5.92 Å². The molecule has 1 N–H and O–H groups in total. The minimum absolute atomic E-state index is 0.109. The lowest BCUT2D eigenvalue weighted by molar-refractivity contribution is -0.144. The average molecular weight is 594 g/mol.